The Balaban J connectivity index is 2.13. The van der Waals surface area contributed by atoms with Crippen molar-refractivity contribution in [1.29, 1.82) is 0 Å². The number of nitrogens with zero attached hydrogens (tertiary/aromatic N) is 2. The van der Waals surface area contributed by atoms with Gasteiger partial charge in [0.1, 0.15) is 5.25 Å². The molecule has 1 N–H and O–H groups in total. The smallest absolute Gasteiger partial charge is 0.247 e. The maximum absolute atomic E-state index is 12.5. The molecule has 2 rings (SSSR count). The Kier molecular flexibility index (Phi) is 5.38. The van der Waals surface area contributed by atoms with Gasteiger partial charge in [-0.2, -0.15) is 0 Å². The highest BCUT2D eigenvalue weighted by molar-refractivity contribution is 8.15. The Hall–Kier alpha value is -1.82. The molecule has 0 unspecified atom stereocenters. The highest BCUT2D eigenvalue weighted by atomic mass is 32.2. The van der Waals surface area contributed by atoms with E-state index in [9.17, 15) is 9.59 Å². The van der Waals surface area contributed by atoms with Crippen LogP contribution in [-0.4, -0.2) is 35.3 Å². The van der Waals surface area contributed by atoms with Crippen LogP contribution in [0.3, 0.4) is 0 Å². The molecular weight excluding hydrogens is 286 g/mol. The summed E-state index contributed by atoms with van der Waals surface area (Å²) in [5.74, 6) is -0.325. The van der Waals surface area contributed by atoms with Gasteiger partial charge in [0.15, 0.2) is 5.17 Å². The largest absolute Gasteiger partial charge is 0.365 e. The first kappa shape index (κ1) is 15.6. The Morgan fingerprint density at radius 1 is 1.33 bits per heavy atom. The number of aliphatic imine (C=N–C) groups is 1. The van der Waals surface area contributed by atoms with Gasteiger partial charge in [-0.3, -0.25) is 14.6 Å². The van der Waals surface area contributed by atoms with E-state index < -0.39 is 5.25 Å². The van der Waals surface area contributed by atoms with Crippen LogP contribution in [0.2, 0.25) is 0 Å². The molecular formula is C15H19N3O2S. The minimum absolute atomic E-state index is 0.156. The first-order chi connectivity index (χ1) is 10.2. The van der Waals surface area contributed by atoms with Crippen LogP contribution < -0.4 is 10.2 Å². The quantitative estimate of drug-likeness (QED) is 0.525. The van der Waals surface area contributed by atoms with E-state index >= 15 is 0 Å². The molecule has 1 fully saturated rings. The lowest BCUT2D eigenvalue weighted by atomic mass is 10.3. The SMILES string of the molecule is CCN=C(NCC)S[C@@H]1CC(=O)N(c2ccccc2)C1=O. The van der Waals surface area contributed by atoms with E-state index in [4.69, 9.17) is 0 Å². The van der Waals surface area contributed by atoms with Gasteiger partial charge in [0.25, 0.3) is 0 Å². The number of rotatable bonds is 4. The van der Waals surface area contributed by atoms with Gasteiger partial charge in [0.2, 0.25) is 11.8 Å². The van der Waals surface area contributed by atoms with Crippen molar-refractivity contribution in [3.63, 3.8) is 0 Å². The van der Waals surface area contributed by atoms with Gasteiger partial charge in [0, 0.05) is 19.5 Å². The topological polar surface area (TPSA) is 61.8 Å². The van der Waals surface area contributed by atoms with Crippen LogP contribution >= 0.6 is 11.8 Å². The van der Waals surface area contributed by atoms with E-state index in [0.29, 0.717) is 12.2 Å². The number of amides is 2. The van der Waals surface area contributed by atoms with Gasteiger partial charge in [-0.05, 0) is 26.0 Å². The molecule has 0 spiro atoms. The zero-order valence-electron chi connectivity index (χ0n) is 12.2. The maximum Gasteiger partial charge on any atom is 0.247 e. The number of benzene rings is 1. The molecule has 0 aromatic heterocycles. The number of para-hydroxylation sites is 1. The highest BCUT2D eigenvalue weighted by Crippen LogP contribution is 2.29. The molecule has 1 saturated heterocycles. The molecule has 1 aliphatic rings. The molecule has 0 radical (unpaired) electrons. The summed E-state index contributed by atoms with van der Waals surface area (Å²) in [6, 6.07) is 9.04. The molecule has 21 heavy (non-hydrogen) atoms. The van der Waals surface area contributed by atoms with Crippen molar-refractivity contribution in [2.24, 2.45) is 4.99 Å². The monoisotopic (exact) mass is 305 g/mol. The van der Waals surface area contributed by atoms with Crippen LogP contribution in [0, 0.1) is 0 Å². The van der Waals surface area contributed by atoms with Gasteiger partial charge >= 0.3 is 0 Å². The van der Waals surface area contributed by atoms with Gasteiger partial charge < -0.3 is 5.32 Å². The fourth-order valence-electron chi connectivity index (χ4n) is 2.11. The van der Waals surface area contributed by atoms with E-state index in [0.717, 1.165) is 11.7 Å². The zero-order chi connectivity index (χ0) is 15.2. The molecule has 5 nitrogen and oxygen atoms in total. The molecule has 1 atom stereocenters. The number of carbonyl (C=O) groups excluding carboxylic acids is 2. The lowest BCUT2D eigenvalue weighted by Gasteiger charge is -2.15. The molecule has 1 aromatic carbocycles. The second-order valence-electron chi connectivity index (χ2n) is 4.52. The van der Waals surface area contributed by atoms with Crippen molar-refractivity contribution in [3.8, 4) is 0 Å². The van der Waals surface area contributed by atoms with E-state index in [1.807, 2.05) is 32.0 Å². The molecule has 6 heteroatoms. The summed E-state index contributed by atoms with van der Waals surface area (Å²) in [5.41, 5.74) is 0.632. The average molecular weight is 305 g/mol. The number of hydrogen-bond acceptors (Lipinski definition) is 4. The van der Waals surface area contributed by atoms with Crippen molar-refractivity contribution in [1.82, 2.24) is 5.32 Å². The number of hydrogen-bond donors (Lipinski definition) is 1. The number of imide groups is 1. The predicted octanol–water partition coefficient (Wildman–Crippen LogP) is 2.04. The predicted molar refractivity (Wildman–Crippen MR) is 86.6 cm³/mol. The van der Waals surface area contributed by atoms with Crippen molar-refractivity contribution in [3.05, 3.63) is 30.3 Å². The normalized spacial score (nSPS) is 19.2. The van der Waals surface area contributed by atoms with Gasteiger partial charge in [-0.15, -0.1) is 0 Å². The first-order valence-corrected chi connectivity index (χ1v) is 7.92. The van der Waals surface area contributed by atoms with Crippen LogP contribution in [0.4, 0.5) is 5.69 Å². The van der Waals surface area contributed by atoms with Crippen molar-refractivity contribution in [2.75, 3.05) is 18.0 Å². The number of nitrogens with one attached hydrogen (secondary N) is 1. The Bertz CT molecular complexity index is 545. The van der Waals surface area contributed by atoms with Crippen molar-refractivity contribution in [2.45, 2.75) is 25.5 Å². The second kappa shape index (κ2) is 7.26. The maximum atomic E-state index is 12.5. The summed E-state index contributed by atoms with van der Waals surface area (Å²) in [6.07, 6.45) is 0.215. The van der Waals surface area contributed by atoms with Crippen LogP contribution in [0.25, 0.3) is 0 Å². The summed E-state index contributed by atoms with van der Waals surface area (Å²) in [7, 11) is 0. The molecule has 1 aromatic rings. The fraction of sp³-hybridized carbons (Fsp3) is 0.400. The molecule has 112 valence electrons. The summed E-state index contributed by atoms with van der Waals surface area (Å²) < 4.78 is 0. The Morgan fingerprint density at radius 3 is 2.67 bits per heavy atom. The number of carbonyl (C=O) groups is 2. The third kappa shape index (κ3) is 3.64. The van der Waals surface area contributed by atoms with Crippen LogP contribution in [0.5, 0.6) is 0 Å². The van der Waals surface area contributed by atoms with Gasteiger partial charge in [0.05, 0.1) is 5.69 Å². The summed E-state index contributed by atoms with van der Waals surface area (Å²) in [6.45, 7) is 5.30. The number of amidine groups is 1. The lowest BCUT2D eigenvalue weighted by molar-refractivity contribution is -0.121. The zero-order valence-corrected chi connectivity index (χ0v) is 13.0. The first-order valence-electron chi connectivity index (χ1n) is 7.04. The fourth-order valence-corrected chi connectivity index (χ4v) is 3.24. The Morgan fingerprint density at radius 2 is 2.05 bits per heavy atom. The number of anilines is 1. The van der Waals surface area contributed by atoms with Crippen LogP contribution in [-0.2, 0) is 9.59 Å². The van der Waals surface area contributed by atoms with Crippen LogP contribution in [0.15, 0.2) is 35.3 Å². The van der Waals surface area contributed by atoms with E-state index in [-0.39, 0.29) is 18.2 Å². The lowest BCUT2D eigenvalue weighted by Crippen LogP contribution is -2.32. The van der Waals surface area contributed by atoms with Crippen molar-refractivity contribution >= 4 is 34.4 Å². The van der Waals surface area contributed by atoms with E-state index in [1.165, 1.54) is 16.7 Å². The minimum Gasteiger partial charge on any atom is -0.365 e. The average Bonchev–Trinajstić information content (AvgIpc) is 2.75. The molecule has 0 saturated carbocycles. The summed E-state index contributed by atoms with van der Waals surface area (Å²) in [4.78, 5) is 30.2. The molecule has 2 amide bonds. The summed E-state index contributed by atoms with van der Waals surface area (Å²) in [5, 5.41) is 3.45. The molecule has 1 aliphatic heterocycles. The second-order valence-corrected chi connectivity index (χ2v) is 5.71. The summed E-state index contributed by atoms with van der Waals surface area (Å²) >= 11 is 1.34. The van der Waals surface area contributed by atoms with Crippen LogP contribution in [0.1, 0.15) is 20.3 Å². The Labute approximate surface area is 128 Å². The van der Waals surface area contributed by atoms with E-state index in [2.05, 4.69) is 10.3 Å². The standard InChI is InChI=1S/C15H19N3O2S/c1-3-16-15(17-4-2)21-12-10-13(19)18(14(12)20)11-8-6-5-7-9-11/h5-9,12H,3-4,10H2,1-2H3,(H,16,17)/t12-/m1/s1. The molecule has 1 heterocycles. The highest BCUT2D eigenvalue weighted by Gasteiger charge is 2.40. The van der Waals surface area contributed by atoms with Crippen molar-refractivity contribution < 1.29 is 9.59 Å². The third-order valence-electron chi connectivity index (χ3n) is 3.00. The minimum atomic E-state index is -0.401. The van der Waals surface area contributed by atoms with Gasteiger partial charge in [-0.1, -0.05) is 30.0 Å². The van der Waals surface area contributed by atoms with E-state index in [1.54, 1.807) is 12.1 Å². The number of thioether (sulfide) groups is 1. The molecule has 0 bridgehead atoms. The third-order valence-corrected chi connectivity index (χ3v) is 4.15. The van der Waals surface area contributed by atoms with Gasteiger partial charge in [-0.25, -0.2) is 4.90 Å². The molecule has 0 aliphatic carbocycles.